The molecular weight excluding hydrogens is 340 g/mol. The minimum absolute atomic E-state index is 0.0872. The first-order valence-corrected chi connectivity index (χ1v) is 8.79. The van der Waals surface area contributed by atoms with Gasteiger partial charge in [-0.15, -0.1) is 0 Å². The molecule has 0 spiro atoms. The van der Waals surface area contributed by atoms with Crippen molar-refractivity contribution < 1.29 is 13.5 Å². The molecule has 0 saturated carbocycles. The van der Waals surface area contributed by atoms with E-state index in [1.54, 1.807) is 36.4 Å². The van der Waals surface area contributed by atoms with E-state index in [1.807, 2.05) is 6.92 Å². The third-order valence-electron chi connectivity index (χ3n) is 3.28. The van der Waals surface area contributed by atoms with Crippen LogP contribution in [0.4, 0.5) is 5.69 Å². The van der Waals surface area contributed by atoms with Crippen LogP contribution in [-0.4, -0.2) is 31.0 Å². The second-order valence-electron chi connectivity index (χ2n) is 5.06. The van der Waals surface area contributed by atoms with Gasteiger partial charge in [0.25, 0.3) is 10.0 Å². The number of rotatable bonds is 5. The van der Waals surface area contributed by atoms with Crippen LogP contribution < -0.4 is 0 Å². The number of sulfonamides is 1. The Hall–Kier alpha value is -2.98. The molecular formula is C17H16N4O3S. The van der Waals surface area contributed by atoms with Crippen molar-refractivity contribution in [2.24, 2.45) is 5.11 Å². The molecule has 7 nitrogen and oxygen atoms in total. The fourth-order valence-electron chi connectivity index (χ4n) is 2.00. The minimum Gasteiger partial charge on any atom is -0.394 e. The topological polar surface area (TPSA) is 106 Å². The highest BCUT2D eigenvalue weighted by molar-refractivity contribution is 7.89. The van der Waals surface area contributed by atoms with Gasteiger partial charge in [0.15, 0.2) is 0 Å². The molecule has 2 aromatic carbocycles. The van der Waals surface area contributed by atoms with E-state index in [2.05, 4.69) is 22.0 Å². The first kappa shape index (κ1) is 18.4. The highest BCUT2D eigenvalue weighted by Gasteiger charge is 2.21. The van der Waals surface area contributed by atoms with E-state index in [0.29, 0.717) is 11.3 Å². The van der Waals surface area contributed by atoms with Crippen molar-refractivity contribution >= 4 is 15.7 Å². The van der Waals surface area contributed by atoms with Gasteiger partial charge in [0.2, 0.25) is 0 Å². The summed E-state index contributed by atoms with van der Waals surface area (Å²) in [6, 6.07) is 15.5. The molecule has 0 aliphatic rings. The number of aliphatic hydroxyl groups is 1. The molecule has 1 N–H and O–H groups in total. The summed E-state index contributed by atoms with van der Waals surface area (Å²) in [6.07, 6.45) is 0. The van der Waals surface area contributed by atoms with Crippen molar-refractivity contribution in [3.63, 3.8) is 0 Å². The number of benzene rings is 2. The van der Waals surface area contributed by atoms with Crippen LogP contribution in [0.5, 0.6) is 0 Å². The van der Waals surface area contributed by atoms with E-state index in [0.717, 1.165) is 9.87 Å². The Morgan fingerprint density at radius 1 is 1.20 bits per heavy atom. The molecule has 0 aliphatic carbocycles. The summed E-state index contributed by atoms with van der Waals surface area (Å²) < 4.78 is 26.3. The molecule has 25 heavy (non-hydrogen) atoms. The lowest BCUT2D eigenvalue weighted by Gasteiger charge is -2.16. The van der Waals surface area contributed by atoms with Crippen molar-refractivity contribution in [1.82, 2.24) is 4.31 Å². The Balaban J connectivity index is 2.43. The van der Waals surface area contributed by atoms with Gasteiger partial charge in [-0.2, -0.15) is 0 Å². The van der Waals surface area contributed by atoms with Crippen molar-refractivity contribution in [3.8, 4) is 12.0 Å². The lowest BCUT2D eigenvalue weighted by atomic mass is 10.2. The van der Waals surface area contributed by atoms with E-state index in [1.165, 1.54) is 12.1 Å². The Labute approximate surface area is 146 Å². The average Bonchev–Trinajstić information content (AvgIpc) is 2.60. The Kier molecular flexibility index (Phi) is 6.03. The van der Waals surface area contributed by atoms with Crippen LogP contribution in [0, 0.1) is 18.9 Å². The van der Waals surface area contributed by atoms with Gasteiger partial charge in [-0.3, -0.25) is 0 Å². The van der Waals surface area contributed by atoms with E-state index in [4.69, 9.17) is 5.53 Å². The van der Waals surface area contributed by atoms with Crippen molar-refractivity contribution in [3.05, 3.63) is 70.1 Å². The molecule has 2 rings (SSSR count). The van der Waals surface area contributed by atoms with E-state index >= 15 is 0 Å². The van der Waals surface area contributed by atoms with Crippen molar-refractivity contribution in [1.29, 1.82) is 0 Å². The number of hydrogen-bond acceptors (Lipinski definition) is 4. The van der Waals surface area contributed by atoms with Crippen LogP contribution >= 0.6 is 0 Å². The Morgan fingerprint density at radius 3 is 2.52 bits per heavy atom. The van der Waals surface area contributed by atoms with Gasteiger partial charge in [0, 0.05) is 16.5 Å². The predicted molar refractivity (Wildman–Crippen MR) is 94.3 cm³/mol. The number of aliphatic hydroxyl groups excluding tert-OH is 1. The molecule has 128 valence electrons. The highest BCUT2D eigenvalue weighted by Crippen LogP contribution is 2.19. The van der Waals surface area contributed by atoms with Crippen LogP contribution in [0.25, 0.3) is 10.4 Å². The second kappa shape index (κ2) is 8.22. The number of aryl methyl sites for hydroxylation is 1. The van der Waals surface area contributed by atoms with E-state index in [9.17, 15) is 13.5 Å². The molecule has 0 heterocycles. The van der Waals surface area contributed by atoms with Crippen molar-refractivity contribution in [2.75, 3.05) is 13.2 Å². The zero-order valence-electron chi connectivity index (χ0n) is 13.5. The molecule has 2 aromatic rings. The second-order valence-corrected chi connectivity index (χ2v) is 6.92. The zero-order chi connectivity index (χ0) is 18.3. The molecule has 0 fully saturated rings. The van der Waals surface area contributed by atoms with Crippen LogP contribution in [0.1, 0.15) is 11.1 Å². The van der Waals surface area contributed by atoms with Gasteiger partial charge >= 0.3 is 0 Å². The summed E-state index contributed by atoms with van der Waals surface area (Å²) in [5.41, 5.74) is 10.2. The maximum atomic E-state index is 12.7. The van der Waals surface area contributed by atoms with Gasteiger partial charge in [-0.25, -0.2) is 12.7 Å². The van der Waals surface area contributed by atoms with Crippen LogP contribution in [0.2, 0.25) is 0 Å². The largest absolute Gasteiger partial charge is 0.394 e. The van der Waals surface area contributed by atoms with Gasteiger partial charge in [-0.1, -0.05) is 41.0 Å². The van der Waals surface area contributed by atoms with Gasteiger partial charge < -0.3 is 5.11 Å². The molecule has 0 aromatic heterocycles. The Morgan fingerprint density at radius 2 is 1.88 bits per heavy atom. The summed E-state index contributed by atoms with van der Waals surface area (Å²) >= 11 is 0. The average molecular weight is 356 g/mol. The number of hydrogen-bond donors (Lipinski definition) is 1. The minimum atomic E-state index is -3.88. The zero-order valence-corrected chi connectivity index (χ0v) is 14.3. The third-order valence-corrected chi connectivity index (χ3v) is 5.01. The molecule has 0 aliphatic heterocycles. The monoisotopic (exact) mass is 356 g/mol. The molecule has 8 heteroatoms. The molecule has 0 amide bonds. The SMILES string of the molecule is Cc1ccc(S(=O)(=O)N(C#Cc2ccccc2N=[N+]=[N-])CCO)cc1. The fraction of sp³-hybridized carbons (Fsp3) is 0.176. The molecule has 0 bridgehead atoms. The molecule has 0 radical (unpaired) electrons. The highest BCUT2D eigenvalue weighted by atomic mass is 32.2. The van der Waals surface area contributed by atoms with E-state index < -0.39 is 10.0 Å². The van der Waals surface area contributed by atoms with Crippen LogP contribution in [-0.2, 0) is 10.0 Å². The third kappa shape index (κ3) is 4.52. The fourth-order valence-corrected chi connectivity index (χ4v) is 3.22. The predicted octanol–water partition coefficient (Wildman–Crippen LogP) is 2.93. The number of azide groups is 1. The van der Waals surface area contributed by atoms with Gasteiger partial charge in [0.1, 0.15) is 0 Å². The quantitative estimate of drug-likeness (QED) is 0.293. The lowest BCUT2D eigenvalue weighted by Crippen LogP contribution is -2.29. The maximum absolute atomic E-state index is 12.7. The number of nitrogens with zero attached hydrogens (tertiary/aromatic N) is 4. The smallest absolute Gasteiger partial charge is 0.271 e. The standard InChI is InChI=1S/C17H16N4O3S/c1-14-6-8-16(9-7-14)25(23,24)21(12-13-22)11-10-15-4-2-3-5-17(15)19-20-18/h2-9,22H,12-13H2,1H3. The normalized spacial score (nSPS) is 10.3. The van der Waals surface area contributed by atoms with Crippen LogP contribution in [0.15, 0.2) is 58.5 Å². The Bertz CT molecular complexity index is 953. The summed E-state index contributed by atoms with van der Waals surface area (Å²) in [7, 11) is -3.88. The lowest BCUT2D eigenvalue weighted by molar-refractivity contribution is 0.276. The van der Waals surface area contributed by atoms with Crippen molar-refractivity contribution in [2.45, 2.75) is 11.8 Å². The first-order valence-electron chi connectivity index (χ1n) is 7.35. The summed E-state index contributed by atoms with van der Waals surface area (Å²) in [5, 5.41) is 12.7. The summed E-state index contributed by atoms with van der Waals surface area (Å²) in [4.78, 5) is 2.81. The van der Waals surface area contributed by atoms with Crippen LogP contribution in [0.3, 0.4) is 0 Å². The first-order chi connectivity index (χ1) is 12.0. The molecule has 0 saturated heterocycles. The van der Waals surface area contributed by atoms with Gasteiger partial charge in [-0.05, 0) is 36.6 Å². The summed E-state index contributed by atoms with van der Waals surface area (Å²) in [6.45, 7) is 1.30. The summed E-state index contributed by atoms with van der Waals surface area (Å²) in [5.74, 6) is 2.69. The van der Waals surface area contributed by atoms with Gasteiger partial charge in [0.05, 0.1) is 23.7 Å². The van der Waals surface area contributed by atoms with E-state index in [-0.39, 0.29) is 18.0 Å². The molecule has 0 atom stereocenters. The molecule has 0 unspecified atom stereocenters. The maximum Gasteiger partial charge on any atom is 0.271 e.